The van der Waals surface area contributed by atoms with Crippen LogP contribution in [0.5, 0.6) is 0 Å². The number of rotatable bonds is 8. The molecule has 2 radical (unpaired) electrons. The topological polar surface area (TPSA) is 0 Å². The second kappa shape index (κ2) is 5.83. The molecule has 0 saturated heterocycles. The van der Waals surface area contributed by atoms with Crippen molar-refractivity contribution in [3.05, 3.63) is 13.3 Å². The third kappa shape index (κ3) is 3.72. The average molecular weight is 298 g/mol. The molecule has 0 amide bonds. The van der Waals surface area contributed by atoms with Gasteiger partial charge in [-0.15, -0.1) is 0 Å². The van der Waals surface area contributed by atoms with Crippen LogP contribution in [0.15, 0.2) is 0 Å². The van der Waals surface area contributed by atoms with E-state index in [1.807, 2.05) is 0 Å². The molecule has 0 bridgehead atoms. The lowest BCUT2D eigenvalue weighted by atomic mass is 9.95. The van der Waals surface area contributed by atoms with Crippen molar-refractivity contribution in [1.29, 1.82) is 0 Å². The first kappa shape index (κ1) is 18.4. The normalized spacial score (nSPS) is 14.8. The summed E-state index contributed by atoms with van der Waals surface area (Å²) in [5.74, 6) is -22.9. The maximum absolute atomic E-state index is 13.0. The van der Waals surface area contributed by atoms with Crippen LogP contribution in [0.4, 0.5) is 35.1 Å². The van der Waals surface area contributed by atoms with Gasteiger partial charge in [0.2, 0.25) is 0 Å². The number of hydrogen-bond donors (Lipinski definition) is 0. The molecule has 0 heterocycles. The Kier molecular flexibility index (Phi) is 5.66. The molecule has 0 rings (SSSR count). The zero-order chi connectivity index (χ0) is 15.5. The molecule has 0 fully saturated rings. The van der Waals surface area contributed by atoms with Crippen molar-refractivity contribution in [3.8, 4) is 0 Å². The summed E-state index contributed by atoms with van der Waals surface area (Å²) >= 11 is 0. The Labute approximate surface area is 106 Å². The fraction of sp³-hybridized carbons (Fsp3) is 0.818. The summed E-state index contributed by atoms with van der Waals surface area (Å²) in [7, 11) is 0. The second-order valence-electron chi connectivity index (χ2n) is 4.21. The van der Waals surface area contributed by atoms with E-state index >= 15 is 0 Å². The van der Waals surface area contributed by atoms with Gasteiger partial charge in [-0.05, 0) is 6.42 Å². The predicted molar refractivity (Wildman–Crippen MR) is 53.6 cm³/mol. The highest BCUT2D eigenvalue weighted by Crippen LogP contribution is 2.53. The quantitative estimate of drug-likeness (QED) is 0.429. The third-order valence-electron chi connectivity index (χ3n) is 2.47. The predicted octanol–water partition coefficient (Wildman–Crippen LogP) is 5.15. The lowest BCUT2D eigenvalue weighted by molar-refractivity contribution is -0.354. The van der Waals surface area contributed by atoms with E-state index in [4.69, 9.17) is 0 Å². The van der Waals surface area contributed by atoms with E-state index in [9.17, 15) is 35.1 Å². The zero-order valence-corrected chi connectivity index (χ0v) is 10.1. The van der Waals surface area contributed by atoms with Crippen molar-refractivity contribution in [1.82, 2.24) is 0 Å². The van der Waals surface area contributed by atoms with Crippen LogP contribution in [0, 0.1) is 13.3 Å². The molecular weight excluding hydrogens is 284 g/mol. The Morgan fingerprint density at radius 1 is 0.842 bits per heavy atom. The smallest absolute Gasteiger partial charge is 0.200 e. The van der Waals surface area contributed by atoms with Crippen LogP contribution in [0.1, 0.15) is 32.6 Å². The van der Waals surface area contributed by atoms with Crippen LogP contribution in [0.2, 0.25) is 0 Å². The van der Waals surface area contributed by atoms with Crippen LogP contribution >= 0.6 is 0 Å². The second-order valence-corrected chi connectivity index (χ2v) is 4.21. The SMILES string of the molecule is [CH2]CCCC[CH]C(F)(F)C(F)(F)C(F)(F)C(C)(F)F. The highest BCUT2D eigenvalue weighted by atomic mass is 19.4. The Bertz CT molecular complexity index is 279. The minimum absolute atomic E-state index is 0.0310. The Morgan fingerprint density at radius 3 is 1.68 bits per heavy atom. The van der Waals surface area contributed by atoms with Crippen LogP contribution in [-0.4, -0.2) is 23.7 Å². The molecule has 8 heteroatoms. The largest absolute Gasteiger partial charge is 0.378 e. The van der Waals surface area contributed by atoms with Gasteiger partial charge in [-0.2, -0.15) is 35.1 Å². The number of hydrogen-bond acceptors (Lipinski definition) is 0. The van der Waals surface area contributed by atoms with Gasteiger partial charge in [0.25, 0.3) is 0 Å². The Morgan fingerprint density at radius 2 is 1.32 bits per heavy atom. The standard InChI is InChI=1S/C11H14F8/c1-3-4-5-6-7-9(14,15)11(18,19)10(16,17)8(2,12)13/h7H,1,3-6H2,2H3. The average Bonchev–Trinajstić information content (AvgIpc) is 2.22. The molecule has 0 aromatic rings. The van der Waals surface area contributed by atoms with Gasteiger partial charge in [0.1, 0.15) is 0 Å². The molecule has 0 saturated carbocycles. The minimum Gasteiger partial charge on any atom is -0.200 e. The highest BCUT2D eigenvalue weighted by molar-refractivity contribution is 5.07. The van der Waals surface area contributed by atoms with Crippen molar-refractivity contribution in [2.45, 2.75) is 56.3 Å². The first-order chi connectivity index (χ1) is 8.31. The molecule has 0 nitrogen and oxygen atoms in total. The minimum atomic E-state index is -6.16. The molecular formula is C11H14F8. The number of alkyl halides is 8. The van der Waals surface area contributed by atoms with Gasteiger partial charge in [-0.25, -0.2) is 0 Å². The monoisotopic (exact) mass is 298 g/mol. The maximum Gasteiger partial charge on any atom is 0.378 e. The zero-order valence-electron chi connectivity index (χ0n) is 10.1. The lowest BCUT2D eigenvalue weighted by Crippen LogP contribution is -2.61. The molecule has 114 valence electrons. The van der Waals surface area contributed by atoms with E-state index in [-0.39, 0.29) is 12.8 Å². The fourth-order valence-electron chi connectivity index (χ4n) is 1.22. The van der Waals surface area contributed by atoms with Gasteiger partial charge in [0, 0.05) is 13.3 Å². The van der Waals surface area contributed by atoms with Crippen LogP contribution in [0.3, 0.4) is 0 Å². The molecule has 0 aromatic heterocycles. The lowest BCUT2D eigenvalue weighted by Gasteiger charge is -2.35. The summed E-state index contributed by atoms with van der Waals surface area (Å²) < 4.78 is 102. The van der Waals surface area contributed by atoms with E-state index < -0.39 is 37.0 Å². The van der Waals surface area contributed by atoms with Crippen molar-refractivity contribution in [2.24, 2.45) is 0 Å². The highest BCUT2D eigenvalue weighted by Gasteiger charge is 2.78. The molecule has 0 aliphatic rings. The van der Waals surface area contributed by atoms with Gasteiger partial charge < -0.3 is 0 Å². The molecule has 0 aliphatic carbocycles. The van der Waals surface area contributed by atoms with Gasteiger partial charge in [0.15, 0.2) is 0 Å². The van der Waals surface area contributed by atoms with Crippen LogP contribution in [-0.2, 0) is 0 Å². The third-order valence-corrected chi connectivity index (χ3v) is 2.47. The van der Waals surface area contributed by atoms with Crippen molar-refractivity contribution < 1.29 is 35.1 Å². The Hall–Kier alpha value is -0.560. The van der Waals surface area contributed by atoms with Crippen molar-refractivity contribution >= 4 is 0 Å². The van der Waals surface area contributed by atoms with Crippen LogP contribution in [0.25, 0.3) is 0 Å². The van der Waals surface area contributed by atoms with E-state index in [2.05, 4.69) is 6.92 Å². The van der Waals surface area contributed by atoms with Crippen molar-refractivity contribution in [3.63, 3.8) is 0 Å². The fourth-order valence-corrected chi connectivity index (χ4v) is 1.22. The molecule has 0 aliphatic heterocycles. The van der Waals surface area contributed by atoms with E-state index in [0.29, 0.717) is 12.8 Å². The molecule has 0 N–H and O–H groups in total. The van der Waals surface area contributed by atoms with Gasteiger partial charge in [-0.1, -0.05) is 26.2 Å². The van der Waals surface area contributed by atoms with Gasteiger partial charge in [0.05, 0.1) is 0 Å². The van der Waals surface area contributed by atoms with Gasteiger partial charge in [-0.3, -0.25) is 0 Å². The number of unbranched alkanes of at least 4 members (excludes halogenated alkanes) is 3. The summed E-state index contributed by atoms with van der Waals surface area (Å²) in [6.07, 6.45) is -0.216. The molecule has 0 unspecified atom stereocenters. The van der Waals surface area contributed by atoms with E-state index in [1.165, 1.54) is 0 Å². The first-order valence-electron chi connectivity index (χ1n) is 5.46. The molecule has 19 heavy (non-hydrogen) atoms. The molecule has 0 aromatic carbocycles. The van der Waals surface area contributed by atoms with E-state index in [0.717, 1.165) is 0 Å². The van der Waals surface area contributed by atoms with E-state index in [1.54, 1.807) is 0 Å². The number of halogens is 8. The molecule has 0 spiro atoms. The van der Waals surface area contributed by atoms with Gasteiger partial charge >= 0.3 is 23.7 Å². The molecule has 0 atom stereocenters. The summed E-state index contributed by atoms with van der Waals surface area (Å²) in [6.45, 7) is 2.84. The van der Waals surface area contributed by atoms with Crippen LogP contribution < -0.4 is 0 Å². The maximum atomic E-state index is 13.0. The summed E-state index contributed by atoms with van der Waals surface area (Å²) in [5, 5.41) is 0. The summed E-state index contributed by atoms with van der Waals surface area (Å²) in [5.41, 5.74) is 0. The summed E-state index contributed by atoms with van der Waals surface area (Å²) in [6, 6.07) is 0. The Balaban J connectivity index is 4.96. The van der Waals surface area contributed by atoms with Crippen molar-refractivity contribution in [2.75, 3.05) is 0 Å². The summed E-state index contributed by atoms with van der Waals surface area (Å²) in [4.78, 5) is 0. The first-order valence-corrected chi connectivity index (χ1v) is 5.46.